The van der Waals surface area contributed by atoms with Crippen molar-refractivity contribution in [3.8, 4) is 0 Å². The zero-order valence-corrected chi connectivity index (χ0v) is 15.9. The Kier molecular flexibility index (Phi) is 6.99. The molecule has 1 fully saturated rings. The molecule has 1 aromatic rings. The minimum atomic E-state index is -0.908. The van der Waals surface area contributed by atoms with E-state index in [0.29, 0.717) is 0 Å². The normalized spacial score (nSPS) is 25.7. The van der Waals surface area contributed by atoms with Crippen LogP contribution in [0.1, 0.15) is 20.8 Å². The number of carbonyl (C=O) groups is 3. The van der Waals surface area contributed by atoms with Gasteiger partial charge in [0.15, 0.2) is 0 Å². The van der Waals surface area contributed by atoms with Crippen LogP contribution in [0.5, 0.6) is 0 Å². The fourth-order valence-electron chi connectivity index (χ4n) is 2.44. The maximum atomic E-state index is 11.6. The molecule has 0 aromatic heterocycles. The molecular formula is C17H20O7Se. The van der Waals surface area contributed by atoms with Crippen molar-refractivity contribution in [1.29, 1.82) is 0 Å². The molecule has 1 aliphatic rings. The van der Waals surface area contributed by atoms with Crippen LogP contribution >= 0.6 is 0 Å². The predicted molar refractivity (Wildman–Crippen MR) is 88.2 cm³/mol. The van der Waals surface area contributed by atoms with E-state index < -0.39 is 41.2 Å². The molecule has 0 amide bonds. The van der Waals surface area contributed by atoms with Crippen LogP contribution in [0.4, 0.5) is 0 Å². The van der Waals surface area contributed by atoms with E-state index in [2.05, 4.69) is 0 Å². The second kappa shape index (κ2) is 8.99. The van der Waals surface area contributed by atoms with Crippen molar-refractivity contribution in [3.05, 3.63) is 30.3 Å². The summed E-state index contributed by atoms with van der Waals surface area (Å²) in [5.74, 6) is -1.60. The molecule has 0 aliphatic carbocycles. The van der Waals surface area contributed by atoms with Crippen LogP contribution in [0.15, 0.2) is 30.3 Å². The monoisotopic (exact) mass is 416 g/mol. The van der Waals surface area contributed by atoms with Gasteiger partial charge in [-0.2, -0.15) is 0 Å². The third-order valence-corrected chi connectivity index (χ3v) is 5.78. The van der Waals surface area contributed by atoms with E-state index in [1.165, 1.54) is 20.8 Å². The van der Waals surface area contributed by atoms with Gasteiger partial charge in [0.2, 0.25) is 0 Å². The first kappa shape index (κ1) is 19.4. The summed E-state index contributed by atoms with van der Waals surface area (Å²) in [6.45, 7) is 3.84. The van der Waals surface area contributed by atoms with Crippen LogP contribution in [-0.2, 0) is 33.3 Å². The number of hydrogen-bond donors (Lipinski definition) is 0. The van der Waals surface area contributed by atoms with Crippen LogP contribution in [0, 0.1) is 0 Å². The fourth-order valence-corrected chi connectivity index (χ4v) is 4.70. The van der Waals surface area contributed by atoms with Crippen LogP contribution in [0.2, 0.25) is 0 Å². The first-order valence-electron chi connectivity index (χ1n) is 7.71. The Bertz CT molecular complexity index is 619. The molecule has 7 nitrogen and oxygen atoms in total. The molecule has 0 unspecified atom stereocenters. The molecular weight excluding hydrogens is 395 g/mol. The molecule has 0 spiro atoms. The Labute approximate surface area is 152 Å². The van der Waals surface area contributed by atoms with E-state index in [4.69, 9.17) is 18.9 Å². The average Bonchev–Trinajstić information content (AvgIpc) is 2.52. The molecule has 2 rings (SSSR count). The van der Waals surface area contributed by atoms with E-state index >= 15 is 0 Å². The summed E-state index contributed by atoms with van der Waals surface area (Å²) in [6, 6.07) is 9.63. The Morgan fingerprint density at radius 1 is 0.920 bits per heavy atom. The van der Waals surface area contributed by atoms with Crippen molar-refractivity contribution in [3.63, 3.8) is 0 Å². The number of carbonyl (C=O) groups excluding carboxylic acids is 3. The molecule has 1 aliphatic heterocycles. The van der Waals surface area contributed by atoms with Crippen LogP contribution in [0.3, 0.4) is 0 Å². The third kappa shape index (κ3) is 5.85. The van der Waals surface area contributed by atoms with Gasteiger partial charge in [-0.15, -0.1) is 0 Å². The summed E-state index contributed by atoms with van der Waals surface area (Å²) in [5.41, 5.74) is 0. The Morgan fingerprint density at radius 2 is 1.48 bits per heavy atom. The topological polar surface area (TPSA) is 88.1 Å². The number of ether oxygens (including phenoxy) is 4. The summed E-state index contributed by atoms with van der Waals surface area (Å²) in [7, 11) is 0. The Hall–Kier alpha value is -1.89. The number of benzene rings is 1. The zero-order chi connectivity index (χ0) is 18.4. The predicted octanol–water partition coefficient (Wildman–Crippen LogP) is 0.167. The van der Waals surface area contributed by atoms with Crippen molar-refractivity contribution >= 4 is 37.3 Å². The van der Waals surface area contributed by atoms with Crippen molar-refractivity contribution in [2.24, 2.45) is 0 Å². The molecule has 0 radical (unpaired) electrons. The molecule has 136 valence electrons. The van der Waals surface area contributed by atoms with Gasteiger partial charge in [0, 0.05) is 0 Å². The second-order valence-electron chi connectivity index (χ2n) is 5.43. The molecule has 4 atom stereocenters. The number of rotatable bonds is 5. The van der Waals surface area contributed by atoms with Crippen molar-refractivity contribution < 1.29 is 33.3 Å². The van der Waals surface area contributed by atoms with E-state index in [1.54, 1.807) is 0 Å². The van der Waals surface area contributed by atoms with Gasteiger partial charge < -0.3 is 0 Å². The van der Waals surface area contributed by atoms with Crippen molar-refractivity contribution in [2.75, 3.05) is 6.61 Å². The molecule has 8 heteroatoms. The molecule has 0 bridgehead atoms. The van der Waals surface area contributed by atoms with Crippen LogP contribution < -0.4 is 4.46 Å². The van der Waals surface area contributed by atoms with Gasteiger partial charge in [0.1, 0.15) is 0 Å². The maximum absolute atomic E-state index is 11.6. The van der Waals surface area contributed by atoms with Gasteiger partial charge in [-0.25, -0.2) is 0 Å². The number of esters is 3. The van der Waals surface area contributed by atoms with E-state index in [0.717, 1.165) is 4.46 Å². The quantitative estimate of drug-likeness (QED) is 0.385. The molecule has 1 saturated heterocycles. The summed E-state index contributed by atoms with van der Waals surface area (Å²) < 4.78 is 22.7. The first-order valence-corrected chi connectivity index (χ1v) is 9.56. The van der Waals surface area contributed by atoms with E-state index in [1.807, 2.05) is 30.3 Å². The Balaban J connectivity index is 2.25. The summed E-state index contributed by atoms with van der Waals surface area (Å²) in [5, 5.41) is -0.463. The van der Waals surface area contributed by atoms with Crippen molar-refractivity contribution in [2.45, 2.75) is 44.1 Å². The first-order chi connectivity index (χ1) is 11.9. The third-order valence-electron chi connectivity index (χ3n) is 3.30. The van der Waals surface area contributed by atoms with Gasteiger partial charge in [-0.3, -0.25) is 0 Å². The molecule has 25 heavy (non-hydrogen) atoms. The second-order valence-corrected chi connectivity index (χ2v) is 7.89. The standard InChI is InChI=1S/C17H20O7Se/c1-10(18)22-14-9-21-17(25-13-7-5-4-6-8-13)16(24-12(3)20)15(14)23-11(2)19/h4-8,14-17H,9H2,1-3H3/t14-,15+,16-,17+/m1/s1. The van der Waals surface area contributed by atoms with Crippen LogP contribution in [0.25, 0.3) is 0 Å². The van der Waals surface area contributed by atoms with Crippen LogP contribution in [-0.4, -0.2) is 62.8 Å². The van der Waals surface area contributed by atoms with Gasteiger partial charge in [-0.1, -0.05) is 0 Å². The molecule has 1 aromatic carbocycles. The molecule has 1 heterocycles. The van der Waals surface area contributed by atoms with Gasteiger partial charge in [-0.05, 0) is 0 Å². The van der Waals surface area contributed by atoms with Crippen molar-refractivity contribution in [1.82, 2.24) is 0 Å². The Morgan fingerprint density at radius 3 is 2.04 bits per heavy atom. The summed E-state index contributed by atoms with van der Waals surface area (Å²) in [4.78, 5) is 34.4. The zero-order valence-electron chi connectivity index (χ0n) is 14.2. The van der Waals surface area contributed by atoms with E-state index in [9.17, 15) is 14.4 Å². The van der Waals surface area contributed by atoms with Gasteiger partial charge >= 0.3 is 152 Å². The summed E-state index contributed by atoms with van der Waals surface area (Å²) in [6.07, 6.45) is -2.58. The average molecular weight is 415 g/mol. The minimum absolute atomic E-state index is 0.0640. The molecule has 0 N–H and O–H groups in total. The van der Waals surface area contributed by atoms with E-state index in [-0.39, 0.29) is 21.6 Å². The summed E-state index contributed by atoms with van der Waals surface area (Å²) >= 11 is -0.193. The SMILES string of the molecule is CC(=O)O[C@@H]1[C@@H](OC(C)=O)[C@H]([Se]c2ccccc2)OC[C@H]1OC(C)=O. The van der Waals surface area contributed by atoms with Gasteiger partial charge in [0.05, 0.1) is 0 Å². The number of hydrogen-bond acceptors (Lipinski definition) is 7. The van der Waals surface area contributed by atoms with Gasteiger partial charge in [0.25, 0.3) is 0 Å². The fraction of sp³-hybridized carbons (Fsp3) is 0.471. The molecule has 0 saturated carbocycles.